The van der Waals surface area contributed by atoms with Crippen LogP contribution in [0, 0.1) is 0 Å². The van der Waals surface area contributed by atoms with Crippen LogP contribution in [-0.2, 0) is 11.8 Å². The van der Waals surface area contributed by atoms with Crippen LogP contribution in [-0.4, -0.2) is 27.8 Å². The average molecular weight is 391 g/mol. The minimum absolute atomic E-state index is 0.222. The molecule has 6 nitrogen and oxygen atoms in total. The van der Waals surface area contributed by atoms with Crippen molar-refractivity contribution in [1.82, 2.24) is 15.0 Å². The van der Waals surface area contributed by atoms with Crippen LogP contribution in [0.4, 0.5) is 0 Å². The summed E-state index contributed by atoms with van der Waals surface area (Å²) in [7, 11) is 1.90. The zero-order valence-corrected chi connectivity index (χ0v) is 15.7. The fourth-order valence-corrected chi connectivity index (χ4v) is 2.90. The molecule has 0 radical (unpaired) electrons. The number of rotatable bonds is 5. The van der Waals surface area contributed by atoms with Gasteiger partial charge in [0.2, 0.25) is 0 Å². The highest BCUT2D eigenvalue weighted by Gasteiger charge is 2.11. The fourth-order valence-electron chi connectivity index (χ4n) is 2.43. The van der Waals surface area contributed by atoms with Crippen molar-refractivity contribution < 1.29 is 9.53 Å². The molecule has 3 rings (SSSR count). The van der Waals surface area contributed by atoms with E-state index in [-0.39, 0.29) is 6.61 Å². The summed E-state index contributed by atoms with van der Waals surface area (Å²) in [6, 6.07) is 12.6. The summed E-state index contributed by atoms with van der Waals surface area (Å²) < 4.78 is 7.29. The molecular weight excluding hydrogens is 375 g/mol. The van der Waals surface area contributed by atoms with Crippen molar-refractivity contribution in [2.45, 2.75) is 6.92 Å². The Hall–Kier alpha value is -2.57. The van der Waals surface area contributed by atoms with Gasteiger partial charge in [0.05, 0.1) is 16.1 Å². The van der Waals surface area contributed by atoms with E-state index in [0.717, 1.165) is 11.0 Å². The first kappa shape index (κ1) is 18.2. The van der Waals surface area contributed by atoms with Gasteiger partial charge in [-0.25, -0.2) is 10.4 Å². The number of amides is 1. The number of ether oxygens (including phenoxy) is 1. The number of carbonyl (C=O) groups is 1. The van der Waals surface area contributed by atoms with Gasteiger partial charge in [-0.15, -0.1) is 0 Å². The maximum absolute atomic E-state index is 11.9. The van der Waals surface area contributed by atoms with Crippen LogP contribution in [0.25, 0.3) is 11.0 Å². The molecule has 1 amide bonds. The minimum Gasteiger partial charge on any atom is -0.482 e. The number of aryl methyl sites for hydroxylation is 1. The third-order valence-electron chi connectivity index (χ3n) is 3.71. The number of carbonyl (C=O) groups excluding carboxylic acids is 1. The number of benzene rings is 2. The van der Waals surface area contributed by atoms with E-state index in [9.17, 15) is 4.79 Å². The molecule has 0 saturated carbocycles. The SMILES string of the molecule is C/C(=N/NC(=O)COc1ccc(Cl)cc1Cl)c1nc2ccccc2n1C. The van der Waals surface area contributed by atoms with E-state index in [1.165, 1.54) is 0 Å². The van der Waals surface area contributed by atoms with Gasteiger partial charge in [0.15, 0.2) is 12.4 Å². The van der Waals surface area contributed by atoms with Crippen molar-refractivity contribution in [1.29, 1.82) is 0 Å². The van der Waals surface area contributed by atoms with Crippen molar-refractivity contribution in [3.8, 4) is 5.75 Å². The summed E-state index contributed by atoms with van der Waals surface area (Å²) in [5.74, 6) is 0.643. The zero-order chi connectivity index (χ0) is 18.7. The van der Waals surface area contributed by atoms with Crippen LogP contribution in [0.15, 0.2) is 47.6 Å². The van der Waals surface area contributed by atoms with E-state index in [2.05, 4.69) is 15.5 Å². The lowest BCUT2D eigenvalue weighted by atomic mass is 10.3. The second-order valence-electron chi connectivity index (χ2n) is 5.58. The van der Waals surface area contributed by atoms with Gasteiger partial charge in [-0.1, -0.05) is 35.3 Å². The summed E-state index contributed by atoms with van der Waals surface area (Å²) >= 11 is 11.8. The Morgan fingerprint density at radius 3 is 2.77 bits per heavy atom. The van der Waals surface area contributed by atoms with Crippen molar-refractivity contribution in [2.75, 3.05) is 6.61 Å². The molecule has 0 aliphatic rings. The molecule has 134 valence electrons. The highest BCUT2D eigenvalue weighted by atomic mass is 35.5. The van der Waals surface area contributed by atoms with Gasteiger partial charge in [-0.3, -0.25) is 4.79 Å². The van der Waals surface area contributed by atoms with Gasteiger partial charge in [-0.05, 0) is 37.3 Å². The maximum Gasteiger partial charge on any atom is 0.277 e. The van der Waals surface area contributed by atoms with Crippen LogP contribution >= 0.6 is 23.2 Å². The molecule has 2 aromatic carbocycles. The van der Waals surface area contributed by atoms with Gasteiger partial charge < -0.3 is 9.30 Å². The van der Waals surface area contributed by atoms with Crippen molar-refractivity contribution in [2.24, 2.45) is 12.1 Å². The second-order valence-corrected chi connectivity index (χ2v) is 6.42. The zero-order valence-electron chi connectivity index (χ0n) is 14.2. The van der Waals surface area contributed by atoms with Crippen LogP contribution in [0.5, 0.6) is 5.75 Å². The number of hydrogen-bond acceptors (Lipinski definition) is 4. The predicted octanol–water partition coefficient (Wildman–Crippen LogP) is 3.80. The molecule has 0 unspecified atom stereocenters. The fraction of sp³-hybridized carbons (Fsp3) is 0.167. The standard InChI is InChI=1S/C18H16Cl2N4O2/c1-11(18-21-14-5-3-4-6-15(14)24(18)2)22-23-17(25)10-26-16-8-7-12(19)9-13(16)20/h3-9H,10H2,1-2H3,(H,23,25)/b22-11-. The number of hydrogen-bond donors (Lipinski definition) is 1. The van der Waals surface area contributed by atoms with Crippen LogP contribution in [0.1, 0.15) is 12.7 Å². The molecule has 3 aromatic rings. The molecule has 0 saturated heterocycles. The van der Waals surface area contributed by atoms with Crippen molar-refractivity contribution >= 4 is 45.9 Å². The highest BCUT2D eigenvalue weighted by molar-refractivity contribution is 6.35. The molecule has 0 spiro atoms. The molecule has 0 aliphatic heterocycles. The van der Waals surface area contributed by atoms with Gasteiger partial charge >= 0.3 is 0 Å². The Morgan fingerprint density at radius 1 is 1.27 bits per heavy atom. The van der Waals surface area contributed by atoms with Gasteiger partial charge in [0.1, 0.15) is 11.5 Å². The maximum atomic E-state index is 11.9. The van der Waals surface area contributed by atoms with Gasteiger partial charge in [-0.2, -0.15) is 5.10 Å². The van der Waals surface area contributed by atoms with E-state index >= 15 is 0 Å². The third kappa shape index (κ3) is 3.98. The average Bonchev–Trinajstić information content (AvgIpc) is 2.96. The van der Waals surface area contributed by atoms with Gasteiger partial charge in [0, 0.05) is 12.1 Å². The number of aromatic nitrogens is 2. The lowest BCUT2D eigenvalue weighted by Gasteiger charge is -2.07. The molecule has 8 heteroatoms. The predicted molar refractivity (Wildman–Crippen MR) is 103 cm³/mol. The smallest absolute Gasteiger partial charge is 0.277 e. The summed E-state index contributed by atoms with van der Waals surface area (Å²) in [5, 5.41) is 4.93. The molecular formula is C18H16Cl2N4O2. The van der Waals surface area contributed by atoms with E-state index in [1.807, 2.05) is 35.9 Å². The van der Waals surface area contributed by atoms with E-state index < -0.39 is 5.91 Å². The lowest BCUT2D eigenvalue weighted by molar-refractivity contribution is -0.123. The van der Waals surface area contributed by atoms with Crippen LogP contribution < -0.4 is 10.2 Å². The first-order chi connectivity index (χ1) is 12.5. The minimum atomic E-state index is -0.408. The molecule has 0 aliphatic carbocycles. The van der Waals surface area contributed by atoms with E-state index in [0.29, 0.717) is 27.3 Å². The molecule has 1 aromatic heterocycles. The first-order valence-electron chi connectivity index (χ1n) is 7.78. The number of nitrogens with zero attached hydrogens (tertiary/aromatic N) is 3. The topological polar surface area (TPSA) is 68.5 Å². The molecule has 0 atom stereocenters. The molecule has 0 fully saturated rings. The number of hydrazone groups is 1. The van der Waals surface area contributed by atoms with Crippen LogP contribution in [0.2, 0.25) is 10.0 Å². The summed E-state index contributed by atoms with van der Waals surface area (Å²) in [6.45, 7) is 1.55. The summed E-state index contributed by atoms with van der Waals surface area (Å²) in [4.78, 5) is 16.5. The number of halogens is 2. The number of nitrogens with one attached hydrogen (secondary N) is 1. The third-order valence-corrected chi connectivity index (χ3v) is 4.24. The summed E-state index contributed by atoms with van der Waals surface area (Å²) in [6.07, 6.45) is 0. The largest absolute Gasteiger partial charge is 0.482 e. The van der Waals surface area contributed by atoms with E-state index in [4.69, 9.17) is 27.9 Å². The monoisotopic (exact) mass is 390 g/mol. The molecule has 0 bridgehead atoms. The van der Waals surface area contributed by atoms with Crippen LogP contribution in [0.3, 0.4) is 0 Å². The highest BCUT2D eigenvalue weighted by Crippen LogP contribution is 2.27. The Morgan fingerprint density at radius 2 is 2.04 bits per heavy atom. The lowest BCUT2D eigenvalue weighted by Crippen LogP contribution is -2.26. The first-order valence-corrected chi connectivity index (χ1v) is 8.54. The number of para-hydroxylation sites is 2. The van der Waals surface area contributed by atoms with Crippen molar-refractivity contribution in [3.05, 3.63) is 58.3 Å². The van der Waals surface area contributed by atoms with E-state index in [1.54, 1.807) is 25.1 Å². The molecule has 26 heavy (non-hydrogen) atoms. The Bertz CT molecular complexity index is 998. The Labute approximate surface area is 160 Å². The normalized spacial score (nSPS) is 11.6. The molecule has 1 heterocycles. The second kappa shape index (κ2) is 7.76. The molecule has 1 N–H and O–H groups in total. The quantitative estimate of drug-likeness (QED) is 0.531. The van der Waals surface area contributed by atoms with Gasteiger partial charge in [0.25, 0.3) is 5.91 Å². The summed E-state index contributed by atoms with van der Waals surface area (Å²) in [5.41, 5.74) is 4.90. The Kier molecular flexibility index (Phi) is 5.44. The number of imidazole rings is 1. The Balaban J connectivity index is 1.64. The number of fused-ring (bicyclic) bond motifs is 1. The van der Waals surface area contributed by atoms with Crippen molar-refractivity contribution in [3.63, 3.8) is 0 Å².